The van der Waals surface area contributed by atoms with Crippen LogP contribution in [0.3, 0.4) is 0 Å². The van der Waals surface area contributed by atoms with Gasteiger partial charge in [-0.3, -0.25) is 0 Å². The van der Waals surface area contributed by atoms with Crippen molar-refractivity contribution in [3.05, 3.63) is 57.0 Å². The van der Waals surface area contributed by atoms with Crippen LogP contribution in [-0.4, -0.2) is 5.11 Å². The maximum Gasteiger partial charge on any atom is 0.120 e. The van der Waals surface area contributed by atoms with E-state index in [-0.39, 0.29) is 6.04 Å². The predicted molar refractivity (Wildman–Crippen MR) is 86.6 cm³/mol. The number of benzene rings is 2. The molecule has 2 aromatic carbocycles. The molecule has 4 heteroatoms. The Bertz CT molecular complexity index is 555. The minimum absolute atomic E-state index is 0.0821. The Morgan fingerprint density at radius 3 is 2.32 bits per heavy atom. The van der Waals surface area contributed by atoms with E-state index in [9.17, 15) is 5.11 Å². The minimum Gasteiger partial charge on any atom is -0.508 e. The lowest BCUT2D eigenvalue weighted by Crippen LogP contribution is -2.09. The highest BCUT2D eigenvalue weighted by atomic mass is 79.9. The standard InChI is InChI=1S/C15H15Br2NO/c1-2-14(13-9-11(17)5-8-15(13)19)18-12-6-3-10(16)4-7-12/h3-9,14,18-19H,2H2,1H3. The van der Waals surface area contributed by atoms with E-state index in [2.05, 4.69) is 44.1 Å². The summed E-state index contributed by atoms with van der Waals surface area (Å²) in [5, 5.41) is 13.4. The molecule has 0 saturated heterocycles. The van der Waals surface area contributed by atoms with Gasteiger partial charge in [0, 0.05) is 20.2 Å². The smallest absolute Gasteiger partial charge is 0.120 e. The van der Waals surface area contributed by atoms with Crippen molar-refractivity contribution in [2.75, 3.05) is 5.32 Å². The molecular formula is C15H15Br2NO. The average molecular weight is 385 g/mol. The molecule has 0 spiro atoms. The molecule has 0 bridgehead atoms. The Balaban J connectivity index is 2.24. The van der Waals surface area contributed by atoms with Crippen LogP contribution >= 0.6 is 31.9 Å². The zero-order valence-electron chi connectivity index (χ0n) is 10.5. The highest BCUT2D eigenvalue weighted by Crippen LogP contribution is 2.32. The molecule has 2 rings (SSSR count). The quantitative estimate of drug-likeness (QED) is 0.731. The summed E-state index contributed by atoms with van der Waals surface area (Å²) >= 11 is 6.86. The summed E-state index contributed by atoms with van der Waals surface area (Å²) in [6.45, 7) is 2.09. The van der Waals surface area contributed by atoms with E-state index in [0.29, 0.717) is 5.75 Å². The summed E-state index contributed by atoms with van der Waals surface area (Å²) in [5.74, 6) is 0.319. The van der Waals surface area contributed by atoms with Gasteiger partial charge in [0.05, 0.1) is 6.04 Å². The second-order valence-electron chi connectivity index (χ2n) is 4.32. The number of nitrogens with one attached hydrogen (secondary N) is 1. The number of phenols is 1. The van der Waals surface area contributed by atoms with Crippen LogP contribution in [0, 0.1) is 0 Å². The van der Waals surface area contributed by atoms with Gasteiger partial charge in [-0.25, -0.2) is 0 Å². The van der Waals surface area contributed by atoms with Gasteiger partial charge >= 0.3 is 0 Å². The van der Waals surface area contributed by atoms with Crippen LogP contribution in [0.4, 0.5) is 5.69 Å². The molecule has 2 N–H and O–H groups in total. The molecule has 1 unspecified atom stereocenters. The molecule has 0 heterocycles. The first-order chi connectivity index (χ1) is 9.10. The van der Waals surface area contributed by atoms with Crippen LogP contribution in [0.25, 0.3) is 0 Å². The zero-order valence-corrected chi connectivity index (χ0v) is 13.7. The maximum absolute atomic E-state index is 9.99. The van der Waals surface area contributed by atoms with Crippen LogP contribution < -0.4 is 5.32 Å². The highest BCUT2D eigenvalue weighted by molar-refractivity contribution is 9.10. The van der Waals surface area contributed by atoms with E-state index in [0.717, 1.165) is 26.6 Å². The second-order valence-corrected chi connectivity index (χ2v) is 6.15. The average Bonchev–Trinajstić information content (AvgIpc) is 2.41. The summed E-state index contributed by atoms with van der Waals surface area (Å²) in [4.78, 5) is 0. The third kappa shape index (κ3) is 3.74. The first kappa shape index (κ1) is 14.4. The van der Waals surface area contributed by atoms with Crippen molar-refractivity contribution in [1.29, 1.82) is 0 Å². The fourth-order valence-electron chi connectivity index (χ4n) is 1.95. The van der Waals surface area contributed by atoms with Gasteiger partial charge < -0.3 is 10.4 Å². The Labute approximate surface area is 130 Å². The number of hydrogen-bond acceptors (Lipinski definition) is 2. The van der Waals surface area contributed by atoms with Crippen LogP contribution in [-0.2, 0) is 0 Å². The summed E-state index contributed by atoms with van der Waals surface area (Å²) in [6, 6.07) is 13.6. The molecule has 0 amide bonds. The predicted octanol–water partition coefficient (Wildman–Crippen LogP) is 5.48. The third-order valence-electron chi connectivity index (χ3n) is 2.96. The summed E-state index contributed by atoms with van der Waals surface area (Å²) in [5.41, 5.74) is 1.94. The molecule has 0 aliphatic carbocycles. The Kier molecular flexibility index (Phi) is 4.88. The van der Waals surface area contributed by atoms with E-state index in [1.807, 2.05) is 36.4 Å². The van der Waals surface area contributed by atoms with Crippen molar-refractivity contribution >= 4 is 37.5 Å². The van der Waals surface area contributed by atoms with Gasteiger partial charge in [-0.15, -0.1) is 0 Å². The summed E-state index contributed by atoms with van der Waals surface area (Å²) in [6.07, 6.45) is 0.889. The molecule has 0 aliphatic heterocycles. The molecule has 0 radical (unpaired) electrons. The number of hydrogen-bond donors (Lipinski definition) is 2. The third-order valence-corrected chi connectivity index (χ3v) is 3.98. The Hall–Kier alpha value is -1.00. The fourth-order valence-corrected chi connectivity index (χ4v) is 2.59. The normalized spacial score (nSPS) is 12.2. The minimum atomic E-state index is 0.0821. The van der Waals surface area contributed by atoms with Crippen LogP contribution in [0.5, 0.6) is 5.75 Å². The van der Waals surface area contributed by atoms with Crippen molar-refractivity contribution in [2.45, 2.75) is 19.4 Å². The lowest BCUT2D eigenvalue weighted by molar-refractivity contribution is 0.462. The van der Waals surface area contributed by atoms with E-state index in [1.165, 1.54) is 0 Å². The van der Waals surface area contributed by atoms with Crippen molar-refractivity contribution in [2.24, 2.45) is 0 Å². The fraction of sp³-hybridized carbons (Fsp3) is 0.200. The highest BCUT2D eigenvalue weighted by Gasteiger charge is 2.13. The second kappa shape index (κ2) is 6.44. The number of rotatable bonds is 4. The number of phenolic OH excluding ortho intramolecular Hbond substituents is 1. The lowest BCUT2D eigenvalue weighted by atomic mass is 10.0. The van der Waals surface area contributed by atoms with Crippen molar-refractivity contribution < 1.29 is 5.11 Å². The van der Waals surface area contributed by atoms with Gasteiger partial charge in [0.25, 0.3) is 0 Å². The molecule has 0 fully saturated rings. The largest absolute Gasteiger partial charge is 0.508 e. The van der Waals surface area contributed by atoms with Gasteiger partial charge in [-0.1, -0.05) is 38.8 Å². The van der Waals surface area contributed by atoms with Gasteiger partial charge in [0.1, 0.15) is 5.75 Å². The SMILES string of the molecule is CCC(Nc1ccc(Br)cc1)c1cc(Br)ccc1O. The zero-order chi connectivity index (χ0) is 13.8. The van der Waals surface area contributed by atoms with E-state index < -0.39 is 0 Å². The molecule has 2 aromatic rings. The first-order valence-electron chi connectivity index (χ1n) is 6.10. The molecule has 0 aliphatic rings. The topological polar surface area (TPSA) is 32.3 Å². The van der Waals surface area contributed by atoms with Crippen molar-refractivity contribution in [3.63, 3.8) is 0 Å². The van der Waals surface area contributed by atoms with Gasteiger partial charge in [-0.2, -0.15) is 0 Å². The molecule has 0 aromatic heterocycles. The van der Waals surface area contributed by atoms with Gasteiger partial charge in [0.15, 0.2) is 0 Å². The molecule has 19 heavy (non-hydrogen) atoms. The molecule has 0 saturated carbocycles. The summed E-state index contributed by atoms with van der Waals surface area (Å²) in [7, 11) is 0. The first-order valence-corrected chi connectivity index (χ1v) is 7.69. The van der Waals surface area contributed by atoms with Crippen LogP contribution in [0.1, 0.15) is 24.9 Å². The van der Waals surface area contributed by atoms with Crippen LogP contribution in [0.2, 0.25) is 0 Å². The van der Waals surface area contributed by atoms with E-state index in [4.69, 9.17) is 0 Å². The van der Waals surface area contributed by atoms with E-state index >= 15 is 0 Å². The monoisotopic (exact) mass is 383 g/mol. The molecule has 100 valence electrons. The molecular weight excluding hydrogens is 370 g/mol. The number of aromatic hydroxyl groups is 1. The van der Waals surface area contributed by atoms with E-state index in [1.54, 1.807) is 6.07 Å². The Morgan fingerprint density at radius 1 is 1.05 bits per heavy atom. The molecule has 2 nitrogen and oxygen atoms in total. The lowest BCUT2D eigenvalue weighted by Gasteiger charge is -2.20. The number of anilines is 1. The summed E-state index contributed by atoms with van der Waals surface area (Å²) < 4.78 is 2.02. The van der Waals surface area contributed by atoms with Gasteiger partial charge in [-0.05, 0) is 48.9 Å². The van der Waals surface area contributed by atoms with Gasteiger partial charge in [0.2, 0.25) is 0 Å². The number of halogens is 2. The van der Waals surface area contributed by atoms with Crippen molar-refractivity contribution in [3.8, 4) is 5.75 Å². The van der Waals surface area contributed by atoms with Crippen molar-refractivity contribution in [1.82, 2.24) is 0 Å². The molecule has 1 atom stereocenters. The van der Waals surface area contributed by atoms with Crippen LogP contribution in [0.15, 0.2) is 51.4 Å². The maximum atomic E-state index is 9.99. The Morgan fingerprint density at radius 2 is 1.68 bits per heavy atom.